The van der Waals surface area contributed by atoms with Gasteiger partial charge < -0.3 is 15.7 Å². The predicted molar refractivity (Wildman–Crippen MR) is 129 cm³/mol. The fourth-order valence-electron chi connectivity index (χ4n) is 7.11. The Morgan fingerprint density at radius 1 is 0.969 bits per heavy atom. The van der Waals surface area contributed by atoms with Gasteiger partial charge in [0.15, 0.2) is 6.35 Å². The molecule has 1 saturated heterocycles. The van der Waals surface area contributed by atoms with Crippen LogP contribution in [0.5, 0.6) is 0 Å². The molecule has 0 spiro atoms. The summed E-state index contributed by atoms with van der Waals surface area (Å²) in [5.74, 6) is 1.81. The van der Waals surface area contributed by atoms with E-state index in [9.17, 15) is 9.50 Å². The van der Waals surface area contributed by atoms with E-state index < -0.39 is 12.5 Å². The highest BCUT2D eigenvalue weighted by molar-refractivity contribution is 4.88. The summed E-state index contributed by atoms with van der Waals surface area (Å²) in [5.41, 5.74) is 6.13. The maximum Gasteiger partial charge on any atom is 0.163 e. The minimum Gasteiger partial charge on any atom is -0.365 e. The Labute approximate surface area is 195 Å². The molecule has 186 valence electrons. The first-order valence-corrected chi connectivity index (χ1v) is 13.8. The molecule has 4 fully saturated rings. The molecule has 3 saturated carbocycles. The lowest BCUT2D eigenvalue weighted by Gasteiger charge is -2.44. The third-order valence-corrected chi connectivity index (χ3v) is 9.33. The van der Waals surface area contributed by atoms with Crippen molar-refractivity contribution in [1.29, 1.82) is 0 Å². The Morgan fingerprint density at radius 2 is 1.59 bits per heavy atom. The summed E-state index contributed by atoms with van der Waals surface area (Å²) in [7, 11) is 0. The van der Waals surface area contributed by atoms with Crippen LogP contribution < -0.4 is 11.1 Å². The Balaban J connectivity index is 1.31. The Bertz CT molecular complexity index is 544. The average molecular weight is 453 g/mol. The molecule has 1 aliphatic heterocycles. The van der Waals surface area contributed by atoms with Crippen LogP contribution in [0.3, 0.4) is 0 Å². The number of aliphatic hydroxyl groups is 1. The highest BCUT2D eigenvalue weighted by Crippen LogP contribution is 2.39. The van der Waals surface area contributed by atoms with Crippen LogP contribution in [0.25, 0.3) is 0 Å². The van der Waals surface area contributed by atoms with E-state index in [-0.39, 0.29) is 12.0 Å². The van der Waals surface area contributed by atoms with Crippen molar-refractivity contribution in [2.24, 2.45) is 23.5 Å². The molecule has 0 bridgehead atoms. The highest BCUT2D eigenvalue weighted by Gasteiger charge is 2.35. The summed E-state index contributed by atoms with van der Waals surface area (Å²) in [6.45, 7) is 6.38. The van der Waals surface area contributed by atoms with Gasteiger partial charge in [-0.25, -0.2) is 4.39 Å². The molecule has 1 heterocycles. The average Bonchev–Trinajstić information content (AvgIpc) is 3.31. The van der Waals surface area contributed by atoms with Gasteiger partial charge in [-0.1, -0.05) is 6.92 Å². The van der Waals surface area contributed by atoms with Crippen molar-refractivity contribution >= 4 is 0 Å². The molecule has 3 aliphatic carbocycles. The van der Waals surface area contributed by atoms with Crippen molar-refractivity contribution in [3.05, 3.63) is 0 Å². The second-order valence-electron chi connectivity index (χ2n) is 11.6. The van der Waals surface area contributed by atoms with E-state index in [1.54, 1.807) is 0 Å². The molecule has 4 atom stereocenters. The first kappa shape index (κ1) is 24.8. The third-order valence-electron chi connectivity index (χ3n) is 9.33. The third kappa shape index (κ3) is 6.65. The van der Waals surface area contributed by atoms with Crippen molar-refractivity contribution in [3.8, 4) is 0 Å². The Hall–Kier alpha value is -0.270. The van der Waals surface area contributed by atoms with Gasteiger partial charge in [-0.3, -0.25) is 10.2 Å². The van der Waals surface area contributed by atoms with Crippen LogP contribution in [0.1, 0.15) is 90.4 Å². The van der Waals surface area contributed by atoms with Gasteiger partial charge in [0, 0.05) is 31.2 Å². The lowest BCUT2D eigenvalue weighted by atomic mass is 9.71. The second kappa shape index (κ2) is 11.9. The zero-order valence-electron chi connectivity index (χ0n) is 20.4. The van der Waals surface area contributed by atoms with Crippen molar-refractivity contribution < 1.29 is 9.50 Å². The molecule has 5 nitrogen and oxygen atoms in total. The number of alkyl halides is 1. The SMILES string of the molecule is CC1CC(NC(O)N(CCN2CCCC2)C2CCC(C3CCC(N)CC3)CC2)CCC1F. The molecule has 4 unspecified atom stereocenters. The summed E-state index contributed by atoms with van der Waals surface area (Å²) < 4.78 is 13.9. The van der Waals surface area contributed by atoms with Crippen molar-refractivity contribution in [2.45, 2.75) is 121 Å². The summed E-state index contributed by atoms with van der Waals surface area (Å²) in [6, 6.07) is 1.11. The van der Waals surface area contributed by atoms with E-state index in [1.165, 1.54) is 77.3 Å². The summed E-state index contributed by atoms with van der Waals surface area (Å²) >= 11 is 0. The quantitative estimate of drug-likeness (QED) is 0.488. The van der Waals surface area contributed by atoms with E-state index in [1.807, 2.05) is 6.92 Å². The van der Waals surface area contributed by atoms with Gasteiger partial charge in [0.25, 0.3) is 0 Å². The van der Waals surface area contributed by atoms with E-state index in [0.29, 0.717) is 18.5 Å². The normalized spacial score (nSPS) is 40.6. The van der Waals surface area contributed by atoms with E-state index >= 15 is 0 Å². The number of nitrogens with two attached hydrogens (primary N) is 1. The van der Waals surface area contributed by atoms with Gasteiger partial charge >= 0.3 is 0 Å². The van der Waals surface area contributed by atoms with Crippen LogP contribution in [-0.4, -0.2) is 71.7 Å². The molecule has 0 amide bonds. The molecular formula is C26H49FN4O. The number of likely N-dealkylation sites (tertiary alicyclic amines) is 1. The molecule has 0 radical (unpaired) electrons. The number of halogens is 1. The topological polar surface area (TPSA) is 64.8 Å². The molecular weight excluding hydrogens is 403 g/mol. The molecule has 4 aliphatic rings. The minimum atomic E-state index is -0.680. The van der Waals surface area contributed by atoms with Crippen LogP contribution >= 0.6 is 0 Å². The number of rotatable bonds is 8. The first-order valence-electron chi connectivity index (χ1n) is 13.8. The summed E-state index contributed by atoms with van der Waals surface area (Å²) in [5, 5.41) is 14.8. The van der Waals surface area contributed by atoms with E-state index in [2.05, 4.69) is 15.1 Å². The van der Waals surface area contributed by atoms with Crippen LogP contribution in [-0.2, 0) is 0 Å². The second-order valence-corrected chi connectivity index (χ2v) is 11.6. The largest absolute Gasteiger partial charge is 0.365 e. The maximum absolute atomic E-state index is 13.9. The number of hydrogen-bond donors (Lipinski definition) is 3. The van der Waals surface area contributed by atoms with Crippen molar-refractivity contribution in [3.63, 3.8) is 0 Å². The molecule has 0 aromatic carbocycles. The monoisotopic (exact) mass is 452 g/mol. The van der Waals surface area contributed by atoms with E-state index in [4.69, 9.17) is 5.73 Å². The maximum atomic E-state index is 13.9. The number of aliphatic hydroxyl groups excluding tert-OH is 1. The van der Waals surface area contributed by atoms with Gasteiger partial charge in [-0.05, 0) is 114 Å². The smallest absolute Gasteiger partial charge is 0.163 e. The van der Waals surface area contributed by atoms with Gasteiger partial charge in [0.05, 0.1) is 0 Å². The fourth-order valence-corrected chi connectivity index (χ4v) is 7.11. The lowest BCUT2D eigenvalue weighted by Crippen LogP contribution is -2.57. The number of hydrogen-bond acceptors (Lipinski definition) is 5. The van der Waals surface area contributed by atoms with Gasteiger partial charge in [-0.15, -0.1) is 0 Å². The molecule has 0 aromatic heterocycles. The molecule has 4 N–H and O–H groups in total. The van der Waals surface area contributed by atoms with Crippen LogP contribution in [0.4, 0.5) is 4.39 Å². The number of nitrogens with zero attached hydrogens (tertiary/aromatic N) is 2. The molecule has 0 aromatic rings. The van der Waals surface area contributed by atoms with Gasteiger partial charge in [0.1, 0.15) is 6.17 Å². The predicted octanol–water partition coefficient (Wildman–Crippen LogP) is 3.85. The minimum absolute atomic E-state index is 0.0885. The zero-order valence-corrected chi connectivity index (χ0v) is 20.4. The van der Waals surface area contributed by atoms with Crippen molar-refractivity contribution in [2.75, 3.05) is 26.2 Å². The Morgan fingerprint density at radius 3 is 2.22 bits per heavy atom. The molecule has 6 heteroatoms. The van der Waals surface area contributed by atoms with Gasteiger partial charge in [-0.2, -0.15) is 0 Å². The lowest BCUT2D eigenvalue weighted by molar-refractivity contribution is -0.0745. The van der Waals surface area contributed by atoms with E-state index in [0.717, 1.165) is 37.8 Å². The summed E-state index contributed by atoms with van der Waals surface area (Å²) in [4.78, 5) is 4.91. The van der Waals surface area contributed by atoms with Crippen LogP contribution in [0.15, 0.2) is 0 Å². The fraction of sp³-hybridized carbons (Fsp3) is 1.00. The Kier molecular flexibility index (Phi) is 9.26. The number of nitrogens with one attached hydrogen (secondary N) is 1. The molecule has 4 rings (SSSR count). The van der Waals surface area contributed by atoms with Crippen molar-refractivity contribution in [1.82, 2.24) is 15.1 Å². The molecule has 32 heavy (non-hydrogen) atoms. The van der Waals surface area contributed by atoms with Crippen LogP contribution in [0, 0.1) is 17.8 Å². The zero-order chi connectivity index (χ0) is 22.5. The first-order chi connectivity index (χ1) is 15.5. The standard InChI is InChI=1S/C26H49FN4O/c1-19-18-23(10-13-25(19)27)29-26(32)31(17-16-30-14-2-3-15-30)24-11-6-21(7-12-24)20-4-8-22(28)9-5-20/h19-26,29,32H,2-18,28H2,1H3. The van der Waals surface area contributed by atoms with Gasteiger partial charge in [0.2, 0.25) is 0 Å². The van der Waals surface area contributed by atoms with Crippen LogP contribution in [0.2, 0.25) is 0 Å². The highest BCUT2D eigenvalue weighted by atomic mass is 19.1. The summed E-state index contributed by atoms with van der Waals surface area (Å²) in [6.07, 6.45) is 13.6.